The molecule has 0 fully saturated rings. The highest BCUT2D eigenvalue weighted by atomic mass is 32.2. The summed E-state index contributed by atoms with van der Waals surface area (Å²) in [5, 5.41) is 11.9. The van der Waals surface area contributed by atoms with Gasteiger partial charge in [0.1, 0.15) is 7.05 Å². The molecule has 18 heavy (non-hydrogen) atoms. The number of fused-ring (bicyclic) bond motifs is 1. The Morgan fingerprint density at radius 1 is 1.28 bits per heavy atom. The lowest BCUT2D eigenvalue weighted by atomic mass is 9.82. The van der Waals surface area contributed by atoms with Crippen LogP contribution < -0.4 is 0 Å². The Labute approximate surface area is 111 Å². The van der Waals surface area contributed by atoms with Crippen LogP contribution in [0.4, 0.5) is 5.69 Å². The zero-order valence-corrected chi connectivity index (χ0v) is 12.1. The molecule has 1 aromatic rings. The van der Waals surface area contributed by atoms with Crippen LogP contribution in [0.2, 0.25) is 0 Å². The molecule has 0 aliphatic carbocycles. The van der Waals surface area contributed by atoms with Crippen molar-refractivity contribution in [3.05, 3.63) is 23.3 Å². The van der Waals surface area contributed by atoms with E-state index in [0.29, 0.717) is 0 Å². The van der Waals surface area contributed by atoms with Crippen molar-refractivity contribution in [2.24, 2.45) is 0 Å². The molecule has 5 heteroatoms. The second-order valence-corrected chi connectivity index (χ2v) is 5.91. The van der Waals surface area contributed by atoms with E-state index >= 15 is 0 Å². The minimum absolute atomic E-state index is 0.00544. The van der Waals surface area contributed by atoms with Crippen molar-refractivity contribution in [1.82, 2.24) is 0 Å². The van der Waals surface area contributed by atoms with Crippen LogP contribution in [0, 0.1) is 6.92 Å². The van der Waals surface area contributed by atoms with Crippen LogP contribution >= 0.6 is 12.0 Å². The minimum atomic E-state index is 0.00544. The SMILES string of the molecule is CC1=[N+](C)c2c(C)cc(SOOO)cc2C1(C)C. The van der Waals surface area contributed by atoms with Crippen LogP contribution in [0.25, 0.3) is 0 Å². The van der Waals surface area contributed by atoms with Gasteiger partial charge in [-0.3, -0.25) is 0 Å². The topological polar surface area (TPSA) is 41.7 Å². The van der Waals surface area contributed by atoms with Crippen LogP contribution in [0.1, 0.15) is 31.9 Å². The Hall–Kier alpha value is -0.880. The Morgan fingerprint density at radius 3 is 2.56 bits per heavy atom. The molecule has 1 heterocycles. The molecular weight excluding hydrogens is 250 g/mol. The Kier molecular flexibility index (Phi) is 3.51. The van der Waals surface area contributed by atoms with Crippen LogP contribution in [0.15, 0.2) is 17.0 Å². The molecule has 1 aliphatic rings. The van der Waals surface area contributed by atoms with E-state index in [1.165, 1.54) is 22.5 Å². The first-order valence-electron chi connectivity index (χ1n) is 5.77. The molecule has 0 atom stereocenters. The number of hydrogen-bond acceptors (Lipinski definition) is 4. The van der Waals surface area contributed by atoms with Crippen molar-refractivity contribution >= 4 is 23.4 Å². The van der Waals surface area contributed by atoms with Crippen molar-refractivity contribution in [3.63, 3.8) is 0 Å². The van der Waals surface area contributed by atoms with E-state index in [9.17, 15) is 0 Å². The van der Waals surface area contributed by atoms with Crippen LogP contribution in [0.5, 0.6) is 0 Å². The van der Waals surface area contributed by atoms with Gasteiger partial charge in [0.05, 0.1) is 17.5 Å². The van der Waals surface area contributed by atoms with E-state index in [0.717, 1.165) is 16.9 Å². The van der Waals surface area contributed by atoms with E-state index in [-0.39, 0.29) is 5.41 Å². The Morgan fingerprint density at radius 2 is 1.94 bits per heavy atom. The summed E-state index contributed by atoms with van der Waals surface area (Å²) in [4.78, 5) is 0.913. The molecule has 0 radical (unpaired) electrons. The first-order valence-corrected chi connectivity index (χ1v) is 6.51. The van der Waals surface area contributed by atoms with Crippen molar-refractivity contribution in [2.75, 3.05) is 7.05 Å². The highest BCUT2D eigenvalue weighted by Gasteiger charge is 2.42. The Balaban J connectivity index is 2.52. The van der Waals surface area contributed by atoms with Gasteiger partial charge in [-0.1, -0.05) is 5.04 Å². The first kappa shape index (κ1) is 13.5. The van der Waals surface area contributed by atoms with Gasteiger partial charge >= 0.3 is 0 Å². The summed E-state index contributed by atoms with van der Waals surface area (Å²) in [5.74, 6) is 0. The lowest BCUT2D eigenvalue weighted by Gasteiger charge is -2.15. The summed E-state index contributed by atoms with van der Waals surface area (Å²) in [6.07, 6.45) is 0. The molecule has 1 aliphatic heterocycles. The molecular formula is C13H18NO3S+. The smallest absolute Gasteiger partial charge is 0.212 e. The van der Waals surface area contributed by atoms with Gasteiger partial charge < -0.3 is 0 Å². The third-order valence-corrected chi connectivity index (χ3v) is 4.41. The molecule has 0 saturated carbocycles. The van der Waals surface area contributed by atoms with Gasteiger partial charge in [0.15, 0.2) is 5.71 Å². The van der Waals surface area contributed by atoms with Gasteiger partial charge in [0, 0.05) is 22.9 Å². The molecule has 0 aromatic heterocycles. The average molecular weight is 268 g/mol. The lowest BCUT2D eigenvalue weighted by molar-refractivity contribution is -0.432. The maximum absolute atomic E-state index is 8.22. The highest BCUT2D eigenvalue weighted by Crippen LogP contribution is 2.42. The zero-order chi connectivity index (χ0) is 13.5. The van der Waals surface area contributed by atoms with Gasteiger partial charge in [-0.05, 0) is 32.9 Å². The molecule has 4 nitrogen and oxygen atoms in total. The average Bonchev–Trinajstić information content (AvgIpc) is 2.49. The fraction of sp³-hybridized carbons (Fsp3) is 0.462. The van der Waals surface area contributed by atoms with Crippen molar-refractivity contribution in [1.29, 1.82) is 0 Å². The van der Waals surface area contributed by atoms with E-state index in [4.69, 9.17) is 5.26 Å². The van der Waals surface area contributed by atoms with E-state index < -0.39 is 0 Å². The lowest BCUT2D eigenvalue weighted by Crippen LogP contribution is -2.25. The second kappa shape index (κ2) is 4.66. The fourth-order valence-corrected chi connectivity index (χ4v) is 3.05. The molecule has 1 N–H and O–H groups in total. The maximum Gasteiger partial charge on any atom is 0.212 e. The van der Waals surface area contributed by atoms with E-state index in [1.807, 2.05) is 6.07 Å². The molecule has 0 amide bonds. The number of aryl methyl sites for hydroxylation is 1. The minimum Gasteiger partial charge on any atom is -0.220 e. The number of rotatable bonds is 3. The van der Waals surface area contributed by atoms with E-state index in [1.54, 1.807) is 0 Å². The quantitative estimate of drug-likeness (QED) is 0.394. The number of benzene rings is 1. The molecule has 98 valence electrons. The van der Waals surface area contributed by atoms with Crippen LogP contribution in [-0.4, -0.2) is 22.6 Å². The van der Waals surface area contributed by atoms with E-state index in [2.05, 4.69) is 54.8 Å². The zero-order valence-electron chi connectivity index (χ0n) is 11.3. The molecule has 0 bridgehead atoms. The first-order chi connectivity index (χ1) is 8.39. The Bertz CT molecular complexity index is 523. The predicted molar refractivity (Wildman–Crippen MR) is 71.4 cm³/mol. The second-order valence-electron chi connectivity index (χ2n) is 5.13. The van der Waals surface area contributed by atoms with Crippen molar-refractivity contribution in [2.45, 2.75) is 38.0 Å². The highest BCUT2D eigenvalue weighted by molar-refractivity contribution is 7.94. The van der Waals surface area contributed by atoms with Gasteiger partial charge in [-0.2, -0.15) is 0 Å². The van der Waals surface area contributed by atoms with Crippen LogP contribution in [-0.2, 0) is 14.8 Å². The van der Waals surface area contributed by atoms with Crippen molar-refractivity contribution < 1.29 is 19.2 Å². The van der Waals surface area contributed by atoms with Gasteiger partial charge in [0.2, 0.25) is 5.69 Å². The third kappa shape index (κ3) is 1.97. The van der Waals surface area contributed by atoms with Gasteiger partial charge in [-0.15, -0.1) is 4.33 Å². The number of hydrogen-bond donors (Lipinski definition) is 1. The molecule has 0 saturated heterocycles. The third-order valence-electron chi connectivity index (χ3n) is 3.85. The summed E-state index contributed by atoms with van der Waals surface area (Å²) >= 11 is 1.00. The molecule has 0 spiro atoms. The summed E-state index contributed by atoms with van der Waals surface area (Å²) < 4.78 is 6.75. The summed E-state index contributed by atoms with van der Waals surface area (Å²) in [6, 6.07) is 4.10. The van der Waals surface area contributed by atoms with Crippen molar-refractivity contribution in [3.8, 4) is 0 Å². The monoisotopic (exact) mass is 268 g/mol. The predicted octanol–water partition coefficient (Wildman–Crippen LogP) is 3.45. The summed E-state index contributed by atoms with van der Waals surface area (Å²) in [5.41, 5.74) is 5.04. The van der Waals surface area contributed by atoms with Crippen LogP contribution in [0.3, 0.4) is 0 Å². The maximum atomic E-state index is 8.22. The summed E-state index contributed by atoms with van der Waals surface area (Å²) in [6.45, 7) is 8.65. The molecule has 0 unspecified atom stereocenters. The normalized spacial score (nSPS) is 17.2. The number of nitrogens with zero attached hydrogens (tertiary/aromatic N) is 1. The van der Waals surface area contributed by atoms with Gasteiger partial charge in [-0.25, -0.2) is 9.83 Å². The summed E-state index contributed by atoms with van der Waals surface area (Å²) in [7, 11) is 2.09. The van der Waals surface area contributed by atoms with Gasteiger partial charge in [0.25, 0.3) is 0 Å². The molecule has 2 rings (SSSR count). The standard InChI is InChI=1S/C13H17NO3S/c1-8-6-10(18-17-16-15)7-11-12(8)14(5)9(2)13(11,3)4/h6-7H,1-5H3/p+1. The largest absolute Gasteiger partial charge is 0.220 e. The molecule has 1 aromatic carbocycles. The fourth-order valence-electron chi connectivity index (χ4n) is 2.55.